The van der Waals surface area contributed by atoms with E-state index in [0.29, 0.717) is 5.56 Å². The second-order valence-corrected chi connectivity index (χ2v) is 5.65. The van der Waals surface area contributed by atoms with E-state index >= 15 is 0 Å². The summed E-state index contributed by atoms with van der Waals surface area (Å²) in [7, 11) is 1.79. The van der Waals surface area contributed by atoms with Crippen molar-refractivity contribution < 1.29 is 27.5 Å². The Morgan fingerprint density at radius 2 is 1.59 bits per heavy atom. The molecule has 2 amide bonds. The van der Waals surface area contributed by atoms with E-state index in [0.717, 1.165) is 35.2 Å². The van der Waals surface area contributed by atoms with Crippen molar-refractivity contribution in [3.05, 3.63) is 65.9 Å². The quantitative estimate of drug-likeness (QED) is 0.689. The Morgan fingerprint density at radius 3 is 2.26 bits per heavy atom. The number of ether oxygens (including phenoxy) is 1. The Balaban J connectivity index is 1.65. The summed E-state index contributed by atoms with van der Waals surface area (Å²) in [5, 5.41) is 0.723. The molecule has 27 heavy (non-hydrogen) atoms. The Labute approximate surface area is 151 Å². The van der Waals surface area contributed by atoms with Crippen molar-refractivity contribution in [2.24, 2.45) is 7.05 Å². The van der Waals surface area contributed by atoms with E-state index < -0.39 is 23.9 Å². The van der Waals surface area contributed by atoms with Gasteiger partial charge >= 0.3 is 6.36 Å². The monoisotopic (exact) mass is 377 g/mol. The maximum atomic E-state index is 12.3. The van der Waals surface area contributed by atoms with Crippen LogP contribution in [0.4, 0.5) is 13.2 Å². The SMILES string of the molecule is Cn1cc(C(=O)NNC(=O)c2ccc(OC(F)(F)F)cc2)c2ccccc21. The van der Waals surface area contributed by atoms with E-state index in [9.17, 15) is 22.8 Å². The molecule has 0 saturated carbocycles. The number of nitrogens with zero attached hydrogens (tertiary/aromatic N) is 1. The lowest BCUT2D eigenvalue weighted by Gasteiger charge is -2.10. The van der Waals surface area contributed by atoms with Gasteiger partial charge in [0, 0.05) is 29.7 Å². The molecule has 2 aromatic carbocycles. The highest BCUT2D eigenvalue weighted by molar-refractivity contribution is 6.07. The molecule has 140 valence electrons. The summed E-state index contributed by atoms with van der Waals surface area (Å²) in [4.78, 5) is 24.4. The molecule has 1 aromatic heterocycles. The normalized spacial score (nSPS) is 11.3. The third-order valence-corrected chi connectivity index (χ3v) is 3.78. The molecule has 1 heterocycles. The largest absolute Gasteiger partial charge is 0.573 e. The summed E-state index contributed by atoms with van der Waals surface area (Å²) >= 11 is 0. The van der Waals surface area contributed by atoms with Crippen LogP contribution in [0, 0.1) is 0 Å². The molecule has 3 rings (SSSR count). The van der Waals surface area contributed by atoms with Crippen molar-refractivity contribution in [1.29, 1.82) is 0 Å². The van der Waals surface area contributed by atoms with E-state index in [-0.39, 0.29) is 5.56 Å². The molecular weight excluding hydrogens is 363 g/mol. The van der Waals surface area contributed by atoms with Crippen molar-refractivity contribution in [2.75, 3.05) is 0 Å². The third kappa shape index (κ3) is 4.20. The third-order valence-electron chi connectivity index (χ3n) is 3.78. The number of rotatable bonds is 3. The van der Waals surface area contributed by atoms with Gasteiger partial charge in [-0.2, -0.15) is 0 Å². The van der Waals surface area contributed by atoms with E-state index in [2.05, 4.69) is 15.6 Å². The molecule has 0 bridgehead atoms. The van der Waals surface area contributed by atoms with Gasteiger partial charge in [0.15, 0.2) is 0 Å². The molecule has 0 aliphatic carbocycles. The maximum absolute atomic E-state index is 12.3. The van der Waals surface area contributed by atoms with Gasteiger partial charge in [-0.15, -0.1) is 13.2 Å². The fraction of sp³-hybridized carbons (Fsp3) is 0.111. The number of hydrogen-bond acceptors (Lipinski definition) is 3. The van der Waals surface area contributed by atoms with Gasteiger partial charge in [0.25, 0.3) is 11.8 Å². The molecule has 3 aromatic rings. The summed E-state index contributed by atoms with van der Waals surface area (Å²) in [6.45, 7) is 0. The molecule has 0 aliphatic rings. The average molecular weight is 377 g/mol. The lowest BCUT2D eigenvalue weighted by molar-refractivity contribution is -0.274. The molecule has 0 spiro atoms. The lowest BCUT2D eigenvalue weighted by atomic mass is 10.2. The van der Waals surface area contributed by atoms with Gasteiger partial charge in [-0.05, 0) is 30.3 Å². The van der Waals surface area contributed by atoms with Crippen molar-refractivity contribution in [3.63, 3.8) is 0 Å². The van der Waals surface area contributed by atoms with Crippen molar-refractivity contribution in [2.45, 2.75) is 6.36 Å². The van der Waals surface area contributed by atoms with Crippen LogP contribution in [0.2, 0.25) is 0 Å². The van der Waals surface area contributed by atoms with Crippen LogP contribution in [-0.2, 0) is 7.05 Å². The van der Waals surface area contributed by atoms with Gasteiger partial charge in [0.2, 0.25) is 0 Å². The van der Waals surface area contributed by atoms with Crippen LogP contribution in [0.1, 0.15) is 20.7 Å². The molecule has 6 nitrogen and oxygen atoms in total. The highest BCUT2D eigenvalue weighted by Crippen LogP contribution is 2.23. The van der Waals surface area contributed by atoms with E-state index in [1.807, 2.05) is 12.1 Å². The molecular formula is C18H14F3N3O3. The molecule has 9 heteroatoms. The van der Waals surface area contributed by atoms with Crippen molar-refractivity contribution in [1.82, 2.24) is 15.4 Å². The Kier molecular flexibility index (Phi) is 4.76. The van der Waals surface area contributed by atoms with E-state index in [4.69, 9.17) is 0 Å². The smallest absolute Gasteiger partial charge is 0.406 e. The topological polar surface area (TPSA) is 72.4 Å². The number of halogens is 3. The molecule has 0 unspecified atom stereocenters. The second kappa shape index (κ2) is 7.02. The molecule has 0 radical (unpaired) electrons. The number of alkyl halides is 3. The van der Waals surface area contributed by atoms with Crippen LogP contribution in [0.5, 0.6) is 5.75 Å². The summed E-state index contributed by atoms with van der Waals surface area (Å²) in [5.74, 6) is -1.64. The first-order valence-electron chi connectivity index (χ1n) is 7.75. The number of benzene rings is 2. The zero-order valence-electron chi connectivity index (χ0n) is 14.0. The number of carbonyl (C=O) groups is 2. The Morgan fingerprint density at radius 1 is 0.963 bits per heavy atom. The molecule has 0 fully saturated rings. The number of para-hydroxylation sites is 1. The van der Waals surface area contributed by atoms with Crippen LogP contribution >= 0.6 is 0 Å². The van der Waals surface area contributed by atoms with Crippen LogP contribution < -0.4 is 15.6 Å². The molecule has 0 atom stereocenters. The maximum Gasteiger partial charge on any atom is 0.573 e. The van der Waals surface area contributed by atoms with Gasteiger partial charge < -0.3 is 9.30 Å². The number of nitrogens with one attached hydrogen (secondary N) is 2. The minimum atomic E-state index is -4.81. The number of hydrogen-bond donors (Lipinski definition) is 2. The van der Waals surface area contributed by atoms with Crippen LogP contribution in [-0.4, -0.2) is 22.7 Å². The zero-order chi connectivity index (χ0) is 19.6. The van der Waals surface area contributed by atoms with Gasteiger partial charge in [-0.3, -0.25) is 20.4 Å². The second-order valence-electron chi connectivity index (χ2n) is 5.65. The molecule has 2 N–H and O–H groups in total. The fourth-order valence-electron chi connectivity index (χ4n) is 2.58. The highest BCUT2D eigenvalue weighted by atomic mass is 19.4. The van der Waals surface area contributed by atoms with Crippen molar-refractivity contribution in [3.8, 4) is 5.75 Å². The van der Waals surface area contributed by atoms with Gasteiger partial charge in [0.1, 0.15) is 5.75 Å². The average Bonchev–Trinajstić information content (AvgIpc) is 2.96. The van der Waals surface area contributed by atoms with Gasteiger partial charge in [0.05, 0.1) is 5.56 Å². The minimum Gasteiger partial charge on any atom is -0.406 e. The van der Waals surface area contributed by atoms with E-state index in [1.165, 1.54) is 0 Å². The van der Waals surface area contributed by atoms with Gasteiger partial charge in [-0.1, -0.05) is 18.2 Å². The zero-order valence-corrected chi connectivity index (χ0v) is 14.0. The number of aromatic nitrogens is 1. The predicted octanol–water partition coefficient (Wildman–Crippen LogP) is 3.15. The lowest BCUT2D eigenvalue weighted by Crippen LogP contribution is -2.41. The number of amides is 2. The summed E-state index contributed by atoms with van der Waals surface area (Å²) in [6.07, 6.45) is -3.17. The predicted molar refractivity (Wildman–Crippen MR) is 91.0 cm³/mol. The number of hydrazine groups is 1. The summed E-state index contributed by atoms with van der Waals surface area (Å²) in [6, 6.07) is 11.6. The summed E-state index contributed by atoms with van der Waals surface area (Å²) < 4.78 is 41.9. The molecule has 0 aliphatic heterocycles. The number of fused-ring (bicyclic) bond motifs is 1. The Hall–Kier alpha value is -3.49. The minimum absolute atomic E-state index is 0.0581. The first-order valence-corrected chi connectivity index (χ1v) is 7.75. The molecule has 0 saturated heterocycles. The van der Waals surface area contributed by atoms with Gasteiger partial charge in [-0.25, -0.2) is 0 Å². The van der Waals surface area contributed by atoms with Crippen molar-refractivity contribution >= 4 is 22.7 Å². The van der Waals surface area contributed by atoms with E-state index in [1.54, 1.807) is 29.9 Å². The van der Waals surface area contributed by atoms with Crippen LogP contribution in [0.3, 0.4) is 0 Å². The first-order chi connectivity index (χ1) is 12.7. The first kappa shape index (κ1) is 18.3. The fourth-order valence-corrected chi connectivity index (χ4v) is 2.58. The standard InChI is InChI=1S/C18H14F3N3O3/c1-24-10-14(13-4-2-3-5-15(13)24)17(26)23-22-16(25)11-6-8-12(9-7-11)27-18(19,20)21/h2-10H,1H3,(H,22,25)(H,23,26). The summed E-state index contributed by atoms with van der Waals surface area (Å²) in [5.41, 5.74) is 5.81. The number of aryl methyl sites for hydroxylation is 1. The number of carbonyl (C=O) groups excluding carboxylic acids is 2. The van der Waals surface area contributed by atoms with Crippen LogP contribution in [0.25, 0.3) is 10.9 Å². The van der Waals surface area contributed by atoms with Crippen LogP contribution in [0.15, 0.2) is 54.7 Å². The Bertz CT molecular complexity index is 994. The highest BCUT2D eigenvalue weighted by Gasteiger charge is 2.31.